The third-order valence-corrected chi connectivity index (χ3v) is 4.73. The van der Waals surface area contributed by atoms with Crippen molar-refractivity contribution in [2.45, 2.75) is 71.1 Å². The zero-order valence-electron chi connectivity index (χ0n) is 13.3. The highest BCUT2D eigenvalue weighted by Crippen LogP contribution is 2.40. The molecule has 1 aromatic heterocycles. The second-order valence-corrected chi connectivity index (χ2v) is 6.41. The predicted molar refractivity (Wildman–Crippen MR) is 84.8 cm³/mol. The van der Waals surface area contributed by atoms with Gasteiger partial charge in [-0.3, -0.25) is 0 Å². The molecule has 3 rings (SSSR count). The van der Waals surface area contributed by atoms with Crippen LogP contribution in [0, 0.1) is 13.8 Å². The summed E-state index contributed by atoms with van der Waals surface area (Å²) < 4.78 is 0. The number of hydrogen-bond acceptors (Lipinski definition) is 5. The van der Waals surface area contributed by atoms with Gasteiger partial charge in [-0.15, -0.1) is 0 Å². The Labute approximate surface area is 126 Å². The highest BCUT2D eigenvalue weighted by atomic mass is 16.3. The first-order valence-electron chi connectivity index (χ1n) is 8.15. The van der Waals surface area contributed by atoms with Gasteiger partial charge in [0, 0.05) is 24.2 Å². The summed E-state index contributed by atoms with van der Waals surface area (Å²) >= 11 is 0. The van der Waals surface area contributed by atoms with Crippen molar-refractivity contribution in [3.05, 3.63) is 11.4 Å². The molecule has 2 fully saturated rings. The Bertz CT molecular complexity index is 505. The summed E-state index contributed by atoms with van der Waals surface area (Å²) in [5.41, 5.74) is 1.14. The van der Waals surface area contributed by atoms with Crippen molar-refractivity contribution in [3.8, 4) is 0 Å². The lowest BCUT2D eigenvalue weighted by molar-refractivity contribution is 0.126. The summed E-state index contributed by atoms with van der Waals surface area (Å²) in [5.74, 6) is 2.85. The summed E-state index contributed by atoms with van der Waals surface area (Å²) in [6.45, 7) is 7.16. The Kier molecular flexibility index (Phi) is 4.02. The average Bonchev–Trinajstić information content (AvgIpc) is 2.71. The first-order valence-corrected chi connectivity index (χ1v) is 8.15. The Hall–Kier alpha value is -1.36. The molecule has 116 valence electrons. The smallest absolute Gasteiger partial charge is 0.137 e. The lowest BCUT2D eigenvalue weighted by atomic mass is 9.99. The van der Waals surface area contributed by atoms with E-state index in [1.807, 2.05) is 6.92 Å². The third-order valence-electron chi connectivity index (χ3n) is 4.73. The second kappa shape index (κ2) is 5.79. The molecule has 1 aromatic rings. The summed E-state index contributed by atoms with van der Waals surface area (Å²) in [6.07, 6.45) is 5.02. The maximum Gasteiger partial charge on any atom is 0.137 e. The molecule has 0 spiro atoms. The maximum absolute atomic E-state index is 9.98. The van der Waals surface area contributed by atoms with Gasteiger partial charge in [0.05, 0.1) is 6.10 Å². The molecule has 0 aliphatic carbocycles. The molecule has 2 atom stereocenters. The van der Waals surface area contributed by atoms with Gasteiger partial charge in [-0.25, -0.2) is 9.97 Å². The van der Waals surface area contributed by atoms with Crippen LogP contribution in [0.1, 0.15) is 50.4 Å². The molecule has 3 heterocycles. The van der Waals surface area contributed by atoms with Gasteiger partial charge in [-0.2, -0.15) is 0 Å². The van der Waals surface area contributed by atoms with Crippen molar-refractivity contribution in [3.63, 3.8) is 0 Å². The largest absolute Gasteiger partial charge is 0.393 e. The molecule has 5 nitrogen and oxygen atoms in total. The van der Waals surface area contributed by atoms with E-state index in [0.717, 1.165) is 48.8 Å². The van der Waals surface area contributed by atoms with E-state index < -0.39 is 0 Å². The van der Waals surface area contributed by atoms with Gasteiger partial charge in [-0.05, 0) is 46.0 Å². The molecule has 2 unspecified atom stereocenters. The molecule has 0 radical (unpaired) electrons. The lowest BCUT2D eigenvalue weighted by Gasteiger charge is -2.39. The Balaban J connectivity index is 1.93. The Morgan fingerprint density at radius 1 is 1.19 bits per heavy atom. The van der Waals surface area contributed by atoms with Crippen molar-refractivity contribution >= 4 is 11.6 Å². The lowest BCUT2D eigenvalue weighted by Crippen LogP contribution is -2.45. The van der Waals surface area contributed by atoms with Crippen molar-refractivity contribution in [1.82, 2.24) is 9.97 Å². The zero-order valence-corrected chi connectivity index (χ0v) is 13.3. The number of piperidine rings is 1. The van der Waals surface area contributed by atoms with Crippen LogP contribution in [-0.2, 0) is 0 Å². The van der Waals surface area contributed by atoms with Crippen LogP contribution in [0.4, 0.5) is 11.6 Å². The SMILES string of the molecule is CCCNc1nc(C)nc(N2C3CCC2CC(O)C3)c1C. The minimum Gasteiger partial charge on any atom is -0.393 e. The predicted octanol–water partition coefficient (Wildman–Crippen LogP) is 2.41. The number of nitrogens with one attached hydrogen (secondary N) is 1. The number of aryl methyl sites for hydroxylation is 1. The van der Waals surface area contributed by atoms with Gasteiger partial charge in [-0.1, -0.05) is 6.92 Å². The minimum atomic E-state index is -0.139. The number of hydrogen-bond donors (Lipinski definition) is 2. The zero-order chi connectivity index (χ0) is 15.0. The molecule has 5 heteroatoms. The highest BCUT2D eigenvalue weighted by Gasteiger charge is 2.41. The van der Waals surface area contributed by atoms with E-state index in [-0.39, 0.29) is 6.10 Å². The fourth-order valence-corrected chi connectivity index (χ4v) is 3.77. The average molecular weight is 290 g/mol. The molecule has 2 aliphatic heterocycles. The van der Waals surface area contributed by atoms with Crippen LogP contribution in [0.15, 0.2) is 0 Å². The summed E-state index contributed by atoms with van der Waals surface area (Å²) in [4.78, 5) is 11.7. The summed E-state index contributed by atoms with van der Waals surface area (Å²) in [5, 5.41) is 13.4. The molecule has 0 saturated carbocycles. The molecular weight excluding hydrogens is 264 g/mol. The quantitative estimate of drug-likeness (QED) is 0.891. The molecule has 21 heavy (non-hydrogen) atoms. The minimum absolute atomic E-state index is 0.139. The van der Waals surface area contributed by atoms with Crippen LogP contribution in [0.25, 0.3) is 0 Å². The number of anilines is 2. The fraction of sp³-hybridized carbons (Fsp3) is 0.750. The van der Waals surface area contributed by atoms with Crippen molar-refractivity contribution < 1.29 is 5.11 Å². The van der Waals surface area contributed by atoms with E-state index in [4.69, 9.17) is 4.98 Å². The normalized spacial score (nSPS) is 28.0. The number of aromatic nitrogens is 2. The maximum atomic E-state index is 9.98. The van der Waals surface area contributed by atoms with Gasteiger partial charge in [0.2, 0.25) is 0 Å². The van der Waals surface area contributed by atoms with Gasteiger partial charge in [0.1, 0.15) is 17.5 Å². The van der Waals surface area contributed by atoms with Gasteiger partial charge >= 0.3 is 0 Å². The molecule has 2 aliphatic rings. The molecule has 2 saturated heterocycles. The van der Waals surface area contributed by atoms with Gasteiger partial charge < -0.3 is 15.3 Å². The first kappa shape index (κ1) is 14.6. The molecule has 0 amide bonds. The standard InChI is InChI=1S/C16H26N4O/c1-4-7-17-15-10(2)16(19-11(3)18-15)20-12-5-6-13(20)9-14(21)8-12/h12-14,21H,4-9H2,1-3H3,(H,17,18,19). The van der Waals surface area contributed by atoms with Gasteiger partial charge in [0.15, 0.2) is 0 Å². The topological polar surface area (TPSA) is 61.3 Å². The van der Waals surface area contributed by atoms with Crippen molar-refractivity contribution in [2.24, 2.45) is 0 Å². The fourth-order valence-electron chi connectivity index (χ4n) is 3.77. The number of aliphatic hydroxyl groups is 1. The molecule has 2 bridgehead atoms. The summed E-state index contributed by atoms with van der Waals surface area (Å²) in [7, 11) is 0. The molecular formula is C16H26N4O. The first-order chi connectivity index (χ1) is 10.1. The Morgan fingerprint density at radius 2 is 1.86 bits per heavy atom. The molecule has 2 N–H and O–H groups in total. The number of fused-ring (bicyclic) bond motifs is 2. The van der Waals surface area contributed by atoms with E-state index in [0.29, 0.717) is 12.1 Å². The van der Waals surface area contributed by atoms with Crippen LogP contribution in [0.2, 0.25) is 0 Å². The van der Waals surface area contributed by atoms with Crippen LogP contribution < -0.4 is 10.2 Å². The van der Waals surface area contributed by atoms with E-state index in [2.05, 4.69) is 29.0 Å². The van der Waals surface area contributed by atoms with Crippen LogP contribution >= 0.6 is 0 Å². The monoisotopic (exact) mass is 290 g/mol. The number of aliphatic hydroxyl groups excluding tert-OH is 1. The Morgan fingerprint density at radius 3 is 2.48 bits per heavy atom. The van der Waals surface area contributed by atoms with Crippen LogP contribution in [0.3, 0.4) is 0 Å². The van der Waals surface area contributed by atoms with E-state index in [1.165, 1.54) is 12.8 Å². The van der Waals surface area contributed by atoms with E-state index in [9.17, 15) is 5.11 Å². The van der Waals surface area contributed by atoms with E-state index >= 15 is 0 Å². The van der Waals surface area contributed by atoms with Gasteiger partial charge in [0.25, 0.3) is 0 Å². The molecule has 0 aromatic carbocycles. The second-order valence-electron chi connectivity index (χ2n) is 6.41. The third kappa shape index (κ3) is 2.71. The summed E-state index contributed by atoms with van der Waals surface area (Å²) in [6, 6.07) is 0.872. The number of rotatable bonds is 4. The van der Waals surface area contributed by atoms with Crippen molar-refractivity contribution in [2.75, 3.05) is 16.8 Å². The number of nitrogens with zero attached hydrogens (tertiary/aromatic N) is 3. The van der Waals surface area contributed by atoms with Crippen LogP contribution in [0.5, 0.6) is 0 Å². The highest BCUT2D eigenvalue weighted by molar-refractivity contribution is 5.60. The van der Waals surface area contributed by atoms with Crippen LogP contribution in [-0.4, -0.2) is 39.8 Å². The van der Waals surface area contributed by atoms with Crippen molar-refractivity contribution in [1.29, 1.82) is 0 Å². The van der Waals surface area contributed by atoms with E-state index in [1.54, 1.807) is 0 Å².